The SMILES string of the molecule is CONC(=O)/C=C/c1cccc2c1CCO2. The fourth-order valence-corrected chi connectivity index (χ4v) is 1.70. The Balaban J connectivity index is 2.16. The Bertz CT molecular complexity index is 426. The van der Waals surface area contributed by atoms with Crippen molar-refractivity contribution in [2.75, 3.05) is 13.7 Å². The van der Waals surface area contributed by atoms with Crippen molar-refractivity contribution in [2.45, 2.75) is 6.42 Å². The van der Waals surface area contributed by atoms with Gasteiger partial charge in [0.25, 0.3) is 5.91 Å². The summed E-state index contributed by atoms with van der Waals surface area (Å²) >= 11 is 0. The maximum Gasteiger partial charge on any atom is 0.267 e. The van der Waals surface area contributed by atoms with Crippen LogP contribution in [0.4, 0.5) is 0 Å². The molecule has 84 valence electrons. The molecule has 1 aromatic rings. The zero-order chi connectivity index (χ0) is 11.4. The molecule has 0 aliphatic carbocycles. The molecule has 1 aliphatic heterocycles. The zero-order valence-electron chi connectivity index (χ0n) is 9.03. The van der Waals surface area contributed by atoms with Crippen molar-refractivity contribution in [1.29, 1.82) is 0 Å². The van der Waals surface area contributed by atoms with E-state index >= 15 is 0 Å². The van der Waals surface area contributed by atoms with E-state index < -0.39 is 0 Å². The highest BCUT2D eigenvalue weighted by molar-refractivity contribution is 5.91. The largest absolute Gasteiger partial charge is 0.493 e. The van der Waals surface area contributed by atoms with Crippen molar-refractivity contribution >= 4 is 12.0 Å². The molecule has 1 amide bonds. The van der Waals surface area contributed by atoms with E-state index in [9.17, 15) is 4.79 Å². The lowest BCUT2D eigenvalue weighted by atomic mass is 10.0. The molecule has 2 rings (SSSR count). The minimum Gasteiger partial charge on any atom is -0.493 e. The number of hydrogen-bond acceptors (Lipinski definition) is 3. The van der Waals surface area contributed by atoms with Gasteiger partial charge < -0.3 is 4.74 Å². The number of carbonyl (C=O) groups excluding carboxylic acids is 1. The lowest BCUT2D eigenvalue weighted by Gasteiger charge is -2.01. The van der Waals surface area contributed by atoms with Gasteiger partial charge in [-0.3, -0.25) is 9.63 Å². The molecule has 0 fully saturated rings. The molecular weight excluding hydrogens is 206 g/mol. The average molecular weight is 219 g/mol. The highest BCUT2D eigenvalue weighted by Crippen LogP contribution is 2.28. The predicted molar refractivity (Wildman–Crippen MR) is 59.8 cm³/mol. The molecule has 0 radical (unpaired) electrons. The van der Waals surface area contributed by atoms with Crippen molar-refractivity contribution in [1.82, 2.24) is 5.48 Å². The summed E-state index contributed by atoms with van der Waals surface area (Å²) in [5.74, 6) is 0.633. The Hall–Kier alpha value is -1.81. The van der Waals surface area contributed by atoms with E-state index in [2.05, 4.69) is 10.3 Å². The third-order valence-electron chi connectivity index (χ3n) is 2.40. The smallest absolute Gasteiger partial charge is 0.267 e. The monoisotopic (exact) mass is 219 g/mol. The molecule has 1 N–H and O–H groups in total. The summed E-state index contributed by atoms with van der Waals surface area (Å²) in [5, 5.41) is 0. The summed E-state index contributed by atoms with van der Waals surface area (Å²) in [6, 6.07) is 5.82. The van der Waals surface area contributed by atoms with E-state index in [-0.39, 0.29) is 5.91 Å². The van der Waals surface area contributed by atoms with E-state index in [0.717, 1.165) is 23.3 Å². The van der Waals surface area contributed by atoms with Gasteiger partial charge in [-0.2, -0.15) is 0 Å². The van der Waals surface area contributed by atoms with Crippen molar-refractivity contribution in [2.24, 2.45) is 0 Å². The molecule has 0 atom stereocenters. The molecule has 1 aliphatic rings. The molecule has 0 bridgehead atoms. The van der Waals surface area contributed by atoms with Crippen molar-refractivity contribution < 1.29 is 14.4 Å². The Kier molecular flexibility index (Phi) is 3.22. The van der Waals surface area contributed by atoms with E-state index in [1.54, 1.807) is 6.08 Å². The minimum atomic E-state index is -0.279. The van der Waals surface area contributed by atoms with E-state index in [1.165, 1.54) is 13.2 Å². The van der Waals surface area contributed by atoms with Crippen molar-refractivity contribution in [3.63, 3.8) is 0 Å². The number of ether oxygens (including phenoxy) is 1. The van der Waals surface area contributed by atoms with Crippen LogP contribution in [0.3, 0.4) is 0 Å². The first-order chi connectivity index (χ1) is 7.81. The van der Waals surface area contributed by atoms with Gasteiger partial charge in [0.05, 0.1) is 13.7 Å². The second-order valence-corrected chi connectivity index (χ2v) is 3.43. The van der Waals surface area contributed by atoms with Crippen LogP contribution >= 0.6 is 0 Å². The Morgan fingerprint density at radius 2 is 2.44 bits per heavy atom. The summed E-state index contributed by atoms with van der Waals surface area (Å²) < 4.78 is 5.43. The average Bonchev–Trinajstić information content (AvgIpc) is 2.75. The predicted octanol–water partition coefficient (Wildman–Crippen LogP) is 1.31. The molecule has 4 nitrogen and oxygen atoms in total. The van der Waals surface area contributed by atoms with Gasteiger partial charge in [-0.15, -0.1) is 0 Å². The standard InChI is InChI=1S/C12H13NO3/c1-15-13-12(14)6-5-9-3-2-4-11-10(9)7-8-16-11/h2-6H,7-8H2,1H3,(H,13,14)/b6-5+. The van der Waals surface area contributed by atoms with Gasteiger partial charge in [0.15, 0.2) is 0 Å². The van der Waals surface area contributed by atoms with Crippen LogP contribution < -0.4 is 10.2 Å². The topological polar surface area (TPSA) is 47.6 Å². The van der Waals surface area contributed by atoms with Gasteiger partial charge in [0, 0.05) is 18.1 Å². The Labute approximate surface area is 93.8 Å². The lowest BCUT2D eigenvalue weighted by Crippen LogP contribution is -2.18. The van der Waals surface area contributed by atoms with Gasteiger partial charge in [-0.05, 0) is 17.7 Å². The Morgan fingerprint density at radius 3 is 3.25 bits per heavy atom. The number of amides is 1. The van der Waals surface area contributed by atoms with Crippen LogP contribution in [0.15, 0.2) is 24.3 Å². The van der Waals surface area contributed by atoms with Crippen molar-refractivity contribution in [3.8, 4) is 5.75 Å². The number of nitrogens with one attached hydrogen (secondary N) is 1. The number of carbonyl (C=O) groups is 1. The number of hydrogen-bond donors (Lipinski definition) is 1. The van der Waals surface area contributed by atoms with E-state index in [4.69, 9.17) is 4.74 Å². The number of hydroxylamine groups is 1. The van der Waals surface area contributed by atoms with Gasteiger partial charge in [-0.1, -0.05) is 12.1 Å². The number of rotatable bonds is 3. The van der Waals surface area contributed by atoms with Crippen molar-refractivity contribution in [3.05, 3.63) is 35.4 Å². The van der Waals surface area contributed by atoms with Gasteiger partial charge in [0.1, 0.15) is 5.75 Å². The van der Waals surface area contributed by atoms with Crippen LogP contribution in [0.1, 0.15) is 11.1 Å². The van der Waals surface area contributed by atoms with Gasteiger partial charge in [0.2, 0.25) is 0 Å². The normalized spacial score (nSPS) is 13.6. The first kappa shape index (κ1) is 10.7. The van der Waals surface area contributed by atoms with E-state index in [1.807, 2.05) is 18.2 Å². The summed E-state index contributed by atoms with van der Waals surface area (Å²) in [4.78, 5) is 15.7. The van der Waals surface area contributed by atoms with Crippen LogP contribution in [-0.4, -0.2) is 19.6 Å². The summed E-state index contributed by atoms with van der Waals surface area (Å²) in [5.41, 5.74) is 4.40. The maximum absolute atomic E-state index is 11.2. The first-order valence-corrected chi connectivity index (χ1v) is 5.07. The maximum atomic E-state index is 11.2. The third kappa shape index (κ3) is 2.23. The van der Waals surface area contributed by atoms with Crippen LogP contribution in [0.2, 0.25) is 0 Å². The van der Waals surface area contributed by atoms with Crippen LogP contribution in [0.5, 0.6) is 5.75 Å². The number of fused-ring (bicyclic) bond motifs is 1. The quantitative estimate of drug-likeness (QED) is 0.616. The summed E-state index contributed by atoms with van der Waals surface area (Å²) in [6.07, 6.45) is 4.10. The fraction of sp³-hybridized carbons (Fsp3) is 0.250. The molecule has 16 heavy (non-hydrogen) atoms. The number of benzene rings is 1. The molecule has 0 aromatic heterocycles. The van der Waals surface area contributed by atoms with Crippen LogP contribution in [0.25, 0.3) is 6.08 Å². The second kappa shape index (κ2) is 4.81. The molecule has 0 saturated carbocycles. The zero-order valence-corrected chi connectivity index (χ0v) is 9.03. The Morgan fingerprint density at radius 1 is 1.56 bits per heavy atom. The molecule has 0 unspecified atom stereocenters. The summed E-state index contributed by atoms with van der Waals surface area (Å²) in [6.45, 7) is 0.713. The fourth-order valence-electron chi connectivity index (χ4n) is 1.70. The van der Waals surface area contributed by atoms with Gasteiger partial charge >= 0.3 is 0 Å². The summed E-state index contributed by atoms with van der Waals surface area (Å²) in [7, 11) is 1.40. The molecule has 0 saturated heterocycles. The molecular formula is C12H13NO3. The molecule has 1 heterocycles. The molecule has 4 heteroatoms. The highest BCUT2D eigenvalue weighted by atomic mass is 16.6. The van der Waals surface area contributed by atoms with Crippen LogP contribution in [0, 0.1) is 0 Å². The minimum absolute atomic E-state index is 0.279. The highest BCUT2D eigenvalue weighted by Gasteiger charge is 2.13. The first-order valence-electron chi connectivity index (χ1n) is 5.07. The molecule has 1 aromatic carbocycles. The van der Waals surface area contributed by atoms with Crippen LogP contribution in [-0.2, 0) is 16.1 Å². The molecule has 0 spiro atoms. The van der Waals surface area contributed by atoms with E-state index in [0.29, 0.717) is 6.61 Å². The third-order valence-corrected chi connectivity index (χ3v) is 2.40. The van der Waals surface area contributed by atoms with Gasteiger partial charge in [-0.25, -0.2) is 5.48 Å². The second-order valence-electron chi connectivity index (χ2n) is 3.43. The lowest BCUT2D eigenvalue weighted by molar-refractivity contribution is -0.126.